The van der Waals surface area contributed by atoms with Crippen LogP contribution in [0.15, 0.2) is 33.6 Å². The molecule has 6 heteroatoms. The second-order valence-electron chi connectivity index (χ2n) is 4.86. The predicted molar refractivity (Wildman–Crippen MR) is 82.9 cm³/mol. The number of benzene rings is 1. The molecular formula is C14H18BrNO3S. The number of nitrogens with one attached hydrogen (secondary N) is 1. The van der Waals surface area contributed by atoms with Gasteiger partial charge >= 0.3 is 0 Å². The van der Waals surface area contributed by atoms with Gasteiger partial charge in [-0.25, -0.2) is 0 Å². The summed E-state index contributed by atoms with van der Waals surface area (Å²) in [6, 6.07) is 7.83. The first-order valence-corrected chi connectivity index (χ1v) is 8.30. The zero-order valence-corrected chi connectivity index (χ0v) is 13.5. The number of amides is 1. The molecule has 20 heavy (non-hydrogen) atoms. The van der Waals surface area contributed by atoms with Gasteiger partial charge in [0.25, 0.3) is 0 Å². The molecule has 0 spiro atoms. The van der Waals surface area contributed by atoms with Gasteiger partial charge in [0.05, 0.1) is 11.4 Å². The lowest BCUT2D eigenvalue weighted by atomic mass is 9.94. The lowest BCUT2D eigenvalue weighted by Crippen LogP contribution is -2.47. The van der Waals surface area contributed by atoms with Crippen LogP contribution in [-0.2, 0) is 9.53 Å². The molecule has 1 aliphatic rings. The van der Waals surface area contributed by atoms with Gasteiger partial charge in [0, 0.05) is 42.0 Å². The highest BCUT2D eigenvalue weighted by Crippen LogP contribution is 2.21. The van der Waals surface area contributed by atoms with Gasteiger partial charge in [-0.15, -0.1) is 11.8 Å². The topological polar surface area (TPSA) is 58.6 Å². The van der Waals surface area contributed by atoms with Gasteiger partial charge in [-0.1, -0.05) is 15.9 Å². The van der Waals surface area contributed by atoms with Crippen LogP contribution in [0.2, 0.25) is 0 Å². The summed E-state index contributed by atoms with van der Waals surface area (Å²) in [5.74, 6) is 0.298. The molecule has 2 N–H and O–H groups in total. The number of hydrogen-bond acceptors (Lipinski definition) is 4. The molecule has 1 aromatic carbocycles. The molecule has 4 nitrogen and oxygen atoms in total. The van der Waals surface area contributed by atoms with E-state index in [2.05, 4.69) is 21.2 Å². The zero-order valence-electron chi connectivity index (χ0n) is 11.1. The van der Waals surface area contributed by atoms with E-state index in [1.54, 1.807) is 0 Å². The number of carbonyl (C=O) groups is 1. The molecule has 1 heterocycles. The third kappa shape index (κ3) is 5.09. The van der Waals surface area contributed by atoms with Gasteiger partial charge in [0.2, 0.25) is 5.91 Å². The van der Waals surface area contributed by atoms with E-state index < -0.39 is 5.60 Å². The first kappa shape index (κ1) is 15.8. The van der Waals surface area contributed by atoms with Crippen LogP contribution in [0.3, 0.4) is 0 Å². The number of ether oxygens (including phenoxy) is 1. The number of carbonyl (C=O) groups excluding carboxylic acids is 1. The molecule has 1 amide bonds. The van der Waals surface area contributed by atoms with E-state index >= 15 is 0 Å². The standard InChI is InChI=1S/C14H18BrNO3S/c15-11-1-3-12(4-2-11)20-9-13(17)16-10-14(18)5-7-19-8-6-14/h1-4,18H,5-10H2,(H,16,17). The van der Waals surface area contributed by atoms with Crippen LogP contribution in [-0.4, -0.2) is 42.1 Å². The van der Waals surface area contributed by atoms with E-state index in [0.29, 0.717) is 38.4 Å². The van der Waals surface area contributed by atoms with Gasteiger partial charge in [-0.05, 0) is 24.3 Å². The molecule has 0 unspecified atom stereocenters. The van der Waals surface area contributed by atoms with Crippen molar-refractivity contribution in [1.82, 2.24) is 5.32 Å². The summed E-state index contributed by atoms with van der Waals surface area (Å²) < 4.78 is 6.23. The quantitative estimate of drug-likeness (QED) is 0.791. The molecule has 2 rings (SSSR count). The first-order chi connectivity index (χ1) is 9.57. The lowest BCUT2D eigenvalue weighted by Gasteiger charge is -2.32. The molecule has 0 bridgehead atoms. The van der Waals surface area contributed by atoms with E-state index in [9.17, 15) is 9.90 Å². The van der Waals surface area contributed by atoms with Crippen molar-refractivity contribution >= 4 is 33.6 Å². The Hall–Kier alpha value is -0.560. The Kier molecular flexibility index (Phi) is 5.89. The maximum Gasteiger partial charge on any atom is 0.230 e. The van der Waals surface area contributed by atoms with Crippen LogP contribution in [0.25, 0.3) is 0 Å². The van der Waals surface area contributed by atoms with Gasteiger partial charge in [-0.2, -0.15) is 0 Å². The summed E-state index contributed by atoms with van der Waals surface area (Å²) in [5.41, 5.74) is -0.809. The fourth-order valence-corrected chi connectivity index (χ4v) is 2.91. The summed E-state index contributed by atoms with van der Waals surface area (Å²) >= 11 is 4.86. The van der Waals surface area contributed by atoms with Crippen LogP contribution in [0.5, 0.6) is 0 Å². The number of rotatable bonds is 5. The van der Waals surface area contributed by atoms with Crippen molar-refractivity contribution in [3.8, 4) is 0 Å². The Labute approximate surface area is 131 Å². The third-order valence-electron chi connectivity index (χ3n) is 3.22. The summed E-state index contributed by atoms with van der Waals surface area (Å²) in [7, 11) is 0. The molecule has 0 radical (unpaired) electrons. The molecule has 0 aliphatic carbocycles. The van der Waals surface area contributed by atoms with Gasteiger partial charge < -0.3 is 15.2 Å². The number of hydrogen-bond donors (Lipinski definition) is 2. The smallest absolute Gasteiger partial charge is 0.230 e. The van der Waals surface area contributed by atoms with Gasteiger partial charge in [-0.3, -0.25) is 4.79 Å². The second-order valence-corrected chi connectivity index (χ2v) is 6.82. The van der Waals surface area contributed by atoms with E-state index in [4.69, 9.17) is 4.74 Å². The second kappa shape index (κ2) is 7.45. The number of halogens is 1. The Morgan fingerprint density at radius 2 is 2.00 bits per heavy atom. The monoisotopic (exact) mass is 359 g/mol. The molecule has 1 fully saturated rings. The van der Waals surface area contributed by atoms with Crippen molar-refractivity contribution in [3.63, 3.8) is 0 Å². The van der Waals surface area contributed by atoms with Crippen LogP contribution >= 0.6 is 27.7 Å². The molecule has 1 aliphatic heterocycles. The fraction of sp³-hybridized carbons (Fsp3) is 0.500. The van der Waals surface area contributed by atoms with Crippen molar-refractivity contribution < 1.29 is 14.6 Å². The zero-order chi connectivity index (χ0) is 14.4. The Bertz CT molecular complexity index is 446. The molecule has 110 valence electrons. The van der Waals surface area contributed by atoms with Crippen molar-refractivity contribution in [2.45, 2.75) is 23.3 Å². The summed E-state index contributed by atoms with van der Waals surface area (Å²) in [5, 5.41) is 13.0. The highest BCUT2D eigenvalue weighted by molar-refractivity contribution is 9.10. The molecule has 0 saturated carbocycles. The van der Waals surface area contributed by atoms with Gasteiger partial charge in [0.1, 0.15) is 0 Å². The summed E-state index contributed by atoms with van der Waals surface area (Å²) in [6.45, 7) is 1.41. The lowest BCUT2D eigenvalue weighted by molar-refractivity contribution is -0.121. The van der Waals surface area contributed by atoms with Crippen molar-refractivity contribution in [2.24, 2.45) is 0 Å². The molecule has 0 atom stereocenters. The molecular weight excluding hydrogens is 342 g/mol. The summed E-state index contributed by atoms with van der Waals surface area (Å²) in [6.07, 6.45) is 1.15. The van der Waals surface area contributed by atoms with Gasteiger partial charge in [0.15, 0.2) is 0 Å². The molecule has 0 aromatic heterocycles. The highest BCUT2D eigenvalue weighted by Gasteiger charge is 2.29. The highest BCUT2D eigenvalue weighted by atomic mass is 79.9. The van der Waals surface area contributed by atoms with Crippen LogP contribution in [0, 0.1) is 0 Å². The maximum absolute atomic E-state index is 11.8. The summed E-state index contributed by atoms with van der Waals surface area (Å²) in [4.78, 5) is 12.8. The Morgan fingerprint density at radius 3 is 2.65 bits per heavy atom. The molecule has 1 saturated heterocycles. The third-order valence-corrected chi connectivity index (χ3v) is 4.76. The number of aliphatic hydroxyl groups is 1. The Balaban J connectivity index is 1.71. The van der Waals surface area contributed by atoms with Crippen molar-refractivity contribution in [1.29, 1.82) is 0 Å². The average molecular weight is 360 g/mol. The minimum Gasteiger partial charge on any atom is -0.388 e. The van der Waals surface area contributed by atoms with E-state index in [1.807, 2.05) is 24.3 Å². The molecule has 1 aromatic rings. The van der Waals surface area contributed by atoms with Crippen LogP contribution < -0.4 is 5.32 Å². The predicted octanol–water partition coefficient (Wildman–Crippen LogP) is 2.20. The van der Waals surface area contributed by atoms with Crippen molar-refractivity contribution in [2.75, 3.05) is 25.5 Å². The maximum atomic E-state index is 11.8. The van der Waals surface area contributed by atoms with E-state index in [0.717, 1.165) is 9.37 Å². The van der Waals surface area contributed by atoms with Crippen LogP contribution in [0.4, 0.5) is 0 Å². The van der Waals surface area contributed by atoms with E-state index in [-0.39, 0.29) is 5.91 Å². The SMILES string of the molecule is O=C(CSc1ccc(Br)cc1)NCC1(O)CCOCC1. The fourth-order valence-electron chi connectivity index (χ4n) is 1.92. The minimum atomic E-state index is -0.809. The largest absolute Gasteiger partial charge is 0.388 e. The normalized spacial score (nSPS) is 17.7. The first-order valence-electron chi connectivity index (χ1n) is 6.53. The Morgan fingerprint density at radius 1 is 1.35 bits per heavy atom. The van der Waals surface area contributed by atoms with E-state index in [1.165, 1.54) is 11.8 Å². The van der Waals surface area contributed by atoms with Crippen molar-refractivity contribution in [3.05, 3.63) is 28.7 Å². The number of thioether (sulfide) groups is 1. The minimum absolute atomic E-state index is 0.0576. The average Bonchev–Trinajstić information content (AvgIpc) is 2.45. The van der Waals surface area contributed by atoms with Crippen LogP contribution in [0.1, 0.15) is 12.8 Å².